The fourth-order valence-electron chi connectivity index (χ4n) is 3.39. The molecular formula is C16H28N2O3. The highest BCUT2D eigenvalue weighted by molar-refractivity contribution is 5.88. The monoisotopic (exact) mass is 296 g/mol. The van der Waals surface area contributed by atoms with Crippen molar-refractivity contribution in [3.8, 4) is 0 Å². The molecule has 2 amide bonds. The Morgan fingerprint density at radius 3 is 2.52 bits per heavy atom. The predicted molar refractivity (Wildman–Crippen MR) is 80.5 cm³/mol. The van der Waals surface area contributed by atoms with Gasteiger partial charge in [-0.2, -0.15) is 0 Å². The summed E-state index contributed by atoms with van der Waals surface area (Å²) in [5, 5.41) is 2.90. The van der Waals surface area contributed by atoms with Crippen LogP contribution in [0.15, 0.2) is 0 Å². The van der Waals surface area contributed by atoms with Crippen molar-refractivity contribution in [3.05, 3.63) is 0 Å². The van der Waals surface area contributed by atoms with Crippen LogP contribution in [0.3, 0.4) is 0 Å². The van der Waals surface area contributed by atoms with Crippen LogP contribution in [0.5, 0.6) is 0 Å². The third-order valence-corrected chi connectivity index (χ3v) is 4.74. The average Bonchev–Trinajstić information content (AvgIpc) is 2.86. The number of amides is 2. The molecule has 1 spiro atoms. The SMILES string of the molecule is CCCNC(=O)[C@H]1COC2(CCC(C)CC2)N1C(=O)CC. The molecule has 1 saturated heterocycles. The lowest BCUT2D eigenvalue weighted by molar-refractivity contribution is -0.161. The van der Waals surface area contributed by atoms with Crippen molar-refractivity contribution in [1.29, 1.82) is 0 Å². The molecule has 1 atom stereocenters. The zero-order chi connectivity index (χ0) is 15.5. The Balaban J connectivity index is 2.16. The van der Waals surface area contributed by atoms with Crippen molar-refractivity contribution in [1.82, 2.24) is 10.2 Å². The number of nitrogens with one attached hydrogen (secondary N) is 1. The van der Waals surface area contributed by atoms with Crippen LogP contribution in [0.1, 0.15) is 59.3 Å². The molecule has 2 fully saturated rings. The van der Waals surface area contributed by atoms with Gasteiger partial charge >= 0.3 is 0 Å². The van der Waals surface area contributed by atoms with Crippen LogP contribution in [0.4, 0.5) is 0 Å². The quantitative estimate of drug-likeness (QED) is 0.864. The van der Waals surface area contributed by atoms with Gasteiger partial charge in [0, 0.05) is 13.0 Å². The Labute approximate surface area is 127 Å². The third kappa shape index (κ3) is 3.23. The molecule has 5 nitrogen and oxygen atoms in total. The molecule has 2 rings (SSSR count). The van der Waals surface area contributed by atoms with Gasteiger partial charge in [0.25, 0.3) is 0 Å². The number of nitrogens with zero attached hydrogens (tertiary/aromatic N) is 1. The summed E-state index contributed by atoms with van der Waals surface area (Å²) in [6.45, 7) is 7.08. The lowest BCUT2D eigenvalue weighted by atomic mass is 9.83. The molecule has 5 heteroatoms. The second-order valence-corrected chi connectivity index (χ2v) is 6.36. The van der Waals surface area contributed by atoms with Crippen LogP contribution in [-0.2, 0) is 14.3 Å². The molecule has 1 heterocycles. The molecule has 0 unspecified atom stereocenters. The second kappa shape index (κ2) is 6.77. The first kappa shape index (κ1) is 16.3. The number of hydrogen-bond donors (Lipinski definition) is 1. The van der Waals surface area contributed by atoms with Gasteiger partial charge in [-0.1, -0.05) is 20.8 Å². The molecule has 0 aromatic rings. The molecule has 0 aromatic heterocycles. The molecule has 0 radical (unpaired) electrons. The van der Waals surface area contributed by atoms with Crippen molar-refractivity contribution in [2.45, 2.75) is 71.1 Å². The summed E-state index contributed by atoms with van der Waals surface area (Å²) in [6.07, 6.45) is 5.10. The van der Waals surface area contributed by atoms with Crippen LogP contribution in [0, 0.1) is 5.92 Å². The molecule has 1 N–H and O–H groups in total. The van der Waals surface area contributed by atoms with Gasteiger partial charge in [-0.05, 0) is 38.0 Å². The van der Waals surface area contributed by atoms with Crippen molar-refractivity contribution in [2.75, 3.05) is 13.2 Å². The first-order valence-corrected chi connectivity index (χ1v) is 8.28. The van der Waals surface area contributed by atoms with E-state index in [0.717, 1.165) is 32.1 Å². The minimum absolute atomic E-state index is 0.0266. The topological polar surface area (TPSA) is 58.6 Å². The maximum absolute atomic E-state index is 12.4. The molecule has 1 aliphatic heterocycles. The van der Waals surface area contributed by atoms with E-state index in [0.29, 0.717) is 25.5 Å². The predicted octanol–water partition coefficient (Wildman–Crippen LogP) is 2.06. The number of ether oxygens (including phenoxy) is 1. The van der Waals surface area contributed by atoms with E-state index in [1.807, 2.05) is 13.8 Å². The molecule has 120 valence electrons. The standard InChI is InChI=1S/C16H28N2O3/c1-4-10-17-15(20)13-11-21-16(18(13)14(19)5-2)8-6-12(3)7-9-16/h12-13H,4-11H2,1-3H3,(H,17,20)/t12?,13-,16?/m1/s1. The number of carbonyl (C=O) groups is 2. The summed E-state index contributed by atoms with van der Waals surface area (Å²) in [6, 6.07) is -0.461. The van der Waals surface area contributed by atoms with Crippen molar-refractivity contribution in [2.24, 2.45) is 5.92 Å². The lowest BCUT2D eigenvalue weighted by Crippen LogP contribution is -2.56. The Morgan fingerprint density at radius 2 is 1.95 bits per heavy atom. The molecule has 1 aliphatic carbocycles. The zero-order valence-electron chi connectivity index (χ0n) is 13.5. The average molecular weight is 296 g/mol. The van der Waals surface area contributed by atoms with E-state index >= 15 is 0 Å². The van der Waals surface area contributed by atoms with Gasteiger partial charge in [0.1, 0.15) is 11.8 Å². The fraction of sp³-hybridized carbons (Fsp3) is 0.875. The van der Waals surface area contributed by atoms with E-state index in [4.69, 9.17) is 4.74 Å². The highest BCUT2D eigenvalue weighted by atomic mass is 16.5. The van der Waals surface area contributed by atoms with Crippen LogP contribution >= 0.6 is 0 Å². The summed E-state index contributed by atoms with van der Waals surface area (Å²) in [5.74, 6) is 0.624. The van der Waals surface area contributed by atoms with E-state index in [-0.39, 0.29) is 11.8 Å². The van der Waals surface area contributed by atoms with Gasteiger partial charge in [0.05, 0.1) is 6.61 Å². The molecule has 2 aliphatic rings. The largest absolute Gasteiger partial charge is 0.354 e. The van der Waals surface area contributed by atoms with E-state index in [9.17, 15) is 9.59 Å². The first-order valence-electron chi connectivity index (χ1n) is 8.28. The van der Waals surface area contributed by atoms with E-state index in [1.165, 1.54) is 0 Å². The summed E-state index contributed by atoms with van der Waals surface area (Å²) in [7, 11) is 0. The van der Waals surface area contributed by atoms with Crippen molar-refractivity contribution in [3.63, 3.8) is 0 Å². The fourth-order valence-corrected chi connectivity index (χ4v) is 3.39. The molecule has 0 bridgehead atoms. The summed E-state index contributed by atoms with van der Waals surface area (Å²) in [4.78, 5) is 26.5. The normalized spacial score (nSPS) is 32.4. The van der Waals surface area contributed by atoms with Gasteiger partial charge in [-0.3, -0.25) is 14.5 Å². The second-order valence-electron chi connectivity index (χ2n) is 6.36. The summed E-state index contributed by atoms with van der Waals surface area (Å²) in [5.41, 5.74) is -0.534. The van der Waals surface area contributed by atoms with Crippen LogP contribution < -0.4 is 5.32 Å². The van der Waals surface area contributed by atoms with Gasteiger partial charge < -0.3 is 10.1 Å². The van der Waals surface area contributed by atoms with Gasteiger partial charge in [0.2, 0.25) is 11.8 Å². The molecule has 0 aromatic carbocycles. The number of hydrogen-bond acceptors (Lipinski definition) is 3. The van der Waals surface area contributed by atoms with Crippen molar-refractivity contribution >= 4 is 11.8 Å². The third-order valence-electron chi connectivity index (χ3n) is 4.74. The first-order chi connectivity index (χ1) is 10.0. The highest BCUT2D eigenvalue weighted by Gasteiger charge is 2.52. The minimum atomic E-state index is -0.534. The Kier molecular flexibility index (Phi) is 5.25. The lowest BCUT2D eigenvalue weighted by Gasteiger charge is -2.43. The summed E-state index contributed by atoms with van der Waals surface area (Å²) < 4.78 is 6.02. The van der Waals surface area contributed by atoms with Gasteiger partial charge in [-0.25, -0.2) is 0 Å². The maximum atomic E-state index is 12.4. The Hall–Kier alpha value is -1.10. The van der Waals surface area contributed by atoms with Crippen LogP contribution in [0.2, 0.25) is 0 Å². The van der Waals surface area contributed by atoms with E-state index < -0.39 is 11.8 Å². The van der Waals surface area contributed by atoms with Crippen molar-refractivity contribution < 1.29 is 14.3 Å². The molecule has 21 heavy (non-hydrogen) atoms. The zero-order valence-corrected chi connectivity index (χ0v) is 13.5. The molecule has 1 saturated carbocycles. The maximum Gasteiger partial charge on any atom is 0.245 e. The Morgan fingerprint density at radius 1 is 1.29 bits per heavy atom. The minimum Gasteiger partial charge on any atom is -0.354 e. The molecular weight excluding hydrogens is 268 g/mol. The Bertz CT molecular complexity index is 389. The smallest absolute Gasteiger partial charge is 0.245 e. The van der Waals surface area contributed by atoms with Crippen LogP contribution in [-0.4, -0.2) is 41.6 Å². The van der Waals surface area contributed by atoms with Gasteiger partial charge in [-0.15, -0.1) is 0 Å². The van der Waals surface area contributed by atoms with Gasteiger partial charge in [0.15, 0.2) is 0 Å². The number of carbonyl (C=O) groups excluding carboxylic acids is 2. The number of rotatable bonds is 4. The highest BCUT2D eigenvalue weighted by Crippen LogP contribution is 2.42. The van der Waals surface area contributed by atoms with E-state index in [1.54, 1.807) is 4.90 Å². The summed E-state index contributed by atoms with van der Waals surface area (Å²) >= 11 is 0. The van der Waals surface area contributed by atoms with E-state index in [2.05, 4.69) is 12.2 Å². The van der Waals surface area contributed by atoms with Crippen LogP contribution in [0.25, 0.3) is 0 Å².